The minimum atomic E-state index is -0.267. The van der Waals surface area contributed by atoms with Gasteiger partial charge in [0.25, 0.3) is 0 Å². The first-order valence-electron chi connectivity index (χ1n) is 10.2. The lowest BCUT2D eigenvalue weighted by atomic mass is 9.96. The number of rotatable bonds is 5. The van der Waals surface area contributed by atoms with E-state index in [1.54, 1.807) is 23.5 Å². The van der Waals surface area contributed by atoms with Crippen molar-refractivity contribution in [2.75, 3.05) is 13.1 Å². The summed E-state index contributed by atoms with van der Waals surface area (Å²) in [5, 5.41) is 4.28. The van der Waals surface area contributed by atoms with Crippen LogP contribution in [0.25, 0.3) is 10.2 Å². The van der Waals surface area contributed by atoms with Crippen LogP contribution in [-0.2, 0) is 4.79 Å². The van der Waals surface area contributed by atoms with Crippen LogP contribution in [0.5, 0.6) is 0 Å². The lowest BCUT2D eigenvalue weighted by Crippen LogP contribution is -2.48. The van der Waals surface area contributed by atoms with E-state index in [1.807, 2.05) is 19.9 Å². The zero-order valence-electron chi connectivity index (χ0n) is 16.8. The molecule has 2 heterocycles. The maximum atomic E-state index is 13.1. The zero-order chi connectivity index (χ0) is 20.4. The van der Waals surface area contributed by atoms with Crippen molar-refractivity contribution in [2.45, 2.75) is 44.7 Å². The van der Waals surface area contributed by atoms with E-state index in [0.717, 1.165) is 37.0 Å². The summed E-state index contributed by atoms with van der Waals surface area (Å²) < 4.78 is 14.3. The molecule has 1 aromatic heterocycles. The molecule has 0 unspecified atom stereocenters. The first-order chi connectivity index (χ1) is 14.0. The van der Waals surface area contributed by atoms with E-state index in [9.17, 15) is 9.18 Å². The number of fused-ring (bicyclic) bond motifs is 1. The number of hydrogen-bond acceptors (Lipinski definition) is 4. The topological polar surface area (TPSA) is 45.2 Å². The van der Waals surface area contributed by atoms with Crippen molar-refractivity contribution >= 4 is 27.5 Å². The van der Waals surface area contributed by atoms with Crippen LogP contribution in [0.15, 0.2) is 48.5 Å². The maximum Gasteiger partial charge on any atom is 0.237 e. The summed E-state index contributed by atoms with van der Waals surface area (Å²) in [5.41, 5.74) is 1.99. The molecule has 0 saturated carbocycles. The molecule has 0 radical (unpaired) electrons. The van der Waals surface area contributed by atoms with Gasteiger partial charge < -0.3 is 5.32 Å². The van der Waals surface area contributed by atoms with Gasteiger partial charge in [0.15, 0.2) is 0 Å². The van der Waals surface area contributed by atoms with Gasteiger partial charge in [-0.05, 0) is 69.6 Å². The Hall–Kier alpha value is -2.31. The molecule has 1 aliphatic heterocycles. The molecule has 1 saturated heterocycles. The Bertz CT molecular complexity index is 946. The van der Waals surface area contributed by atoms with E-state index in [1.165, 1.54) is 21.8 Å². The number of hydrogen-bond donors (Lipinski definition) is 1. The molecule has 0 bridgehead atoms. The molecule has 1 aliphatic rings. The molecule has 4 rings (SSSR count). The van der Waals surface area contributed by atoms with Crippen molar-refractivity contribution in [3.05, 3.63) is 64.9 Å². The smallest absolute Gasteiger partial charge is 0.237 e. The molecule has 0 spiro atoms. The van der Waals surface area contributed by atoms with Crippen LogP contribution in [0.4, 0.5) is 4.39 Å². The minimum absolute atomic E-state index is 0.0141. The van der Waals surface area contributed by atoms with Gasteiger partial charge in [-0.2, -0.15) is 0 Å². The Balaban J connectivity index is 1.32. The van der Waals surface area contributed by atoms with Crippen LogP contribution in [0, 0.1) is 5.82 Å². The molecule has 2 aromatic carbocycles. The lowest BCUT2D eigenvalue weighted by Gasteiger charge is -2.35. The molecule has 152 valence electrons. The average Bonchev–Trinajstić information content (AvgIpc) is 3.18. The normalized spacial score (nSPS) is 17.9. The number of para-hydroxylation sites is 1. The number of amides is 1. The third-order valence-electron chi connectivity index (χ3n) is 5.85. The van der Waals surface area contributed by atoms with Gasteiger partial charge in [0.1, 0.15) is 5.82 Å². The highest BCUT2D eigenvalue weighted by atomic mass is 32.1. The maximum absolute atomic E-state index is 13.1. The number of carbonyl (C=O) groups is 1. The first-order valence-corrected chi connectivity index (χ1v) is 11.0. The van der Waals surface area contributed by atoms with Crippen molar-refractivity contribution in [3.8, 4) is 0 Å². The number of thiazole rings is 1. The summed E-state index contributed by atoms with van der Waals surface area (Å²) in [4.78, 5) is 19.8. The number of halogens is 1. The number of carbonyl (C=O) groups excluding carboxylic acids is 1. The molecule has 2 atom stereocenters. The van der Waals surface area contributed by atoms with Gasteiger partial charge in [0, 0.05) is 5.92 Å². The monoisotopic (exact) mass is 411 g/mol. The Labute approximate surface area is 174 Å². The Morgan fingerprint density at radius 2 is 1.83 bits per heavy atom. The van der Waals surface area contributed by atoms with E-state index >= 15 is 0 Å². The summed E-state index contributed by atoms with van der Waals surface area (Å²) in [6.07, 6.45) is 2.04. The number of piperidine rings is 1. The second kappa shape index (κ2) is 8.59. The molecule has 29 heavy (non-hydrogen) atoms. The SMILES string of the molecule is C[C@H](NC(=O)[C@H](C)N1CCC(c2nc3ccccc3s2)CC1)c1ccc(F)cc1. The van der Waals surface area contributed by atoms with E-state index < -0.39 is 0 Å². The molecule has 0 aliphatic carbocycles. The summed E-state index contributed by atoms with van der Waals surface area (Å²) in [6.45, 7) is 5.67. The number of aromatic nitrogens is 1. The van der Waals surface area contributed by atoms with Gasteiger partial charge in [-0.3, -0.25) is 9.69 Å². The Morgan fingerprint density at radius 3 is 2.52 bits per heavy atom. The molecular formula is C23H26FN3OS. The number of likely N-dealkylation sites (tertiary alicyclic amines) is 1. The molecule has 1 fully saturated rings. The van der Waals surface area contributed by atoms with E-state index in [2.05, 4.69) is 28.4 Å². The second-order valence-electron chi connectivity index (χ2n) is 7.79. The second-order valence-corrected chi connectivity index (χ2v) is 8.85. The summed E-state index contributed by atoms with van der Waals surface area (Å²) >= 11 is 1.79. The molecule has 4 nitrogen and oxygen atoms in total. The predicted molar refractivity (Wildman–Crippen MR) is 116 cm³/mol. The van der Waals surface area contributed by atoms with Crippen molar-refractivity contribution in [3.63, 3.8) is 0 Å². The summed E-state index contributed by atoms with van der Waals surface area (Å²) in [7, 11) is 0. The van der Waals surface area contributed by atoms with Crippen LogP contribution in [0.3, 0.4) is 0 Å². The van der Waals surface area contributed by atoms with Gasteiger partial charge in [-0.1, -0.05) is 24.3 Å². The summed E-state index contributed by atoms with van der Waals surface area (Å²) in [5.74, 6) is 0.217. The Morgan fingerprint density at radius 1 is 1.14 bits per heavy atom. The minimum Gasteiger partial charge on any atom is -0.348 e. The van der Waals surface area contributed by atoms with Crippen LogP contribution in [0.2, 0.25) is 0 Å². The molecule has 1 amide bonds. The number of nitrogens with one attached hydrogen (secondary N) is 1. The van der Waals surface area contributed by atoms with Gasteiger partial charge in [0.05, 0.1) is 27.3 Å². The largest absolute Gasteiger partial charge is 0.348 e. The van der Waals surface area contributed by atoms with Gasteiger partial charge in [-0.15, -0.1) is 11.3 Å². The first kappa shape index (κ1) is 20.0. The van der Waals surface area contributed by atoms with Gasteiger partial charge in [0.2, 0.25) is 5.91 Å². The van der Waals surface area contributed by atoms with Crippen molar-refractivity contribution < 1.29 is 9.18 Å². The van der Waals surface area contributed by atoms with Gasteiger partial charge >= 0.3 is 0 Å². The lowest BCUT2D eigenvalue weighted by molar-refractivity contribution is -0.127. The van der Waals surface area contributed by atoms with Crippen LogP contribution in [0.1, 0.15) is 49.2 Å². The Kier molecular flexibility index (Phi) is 5.92. The van der Waals surface area contributed by atoms with Crippen molar-refractivity contribution in [1.82, 2.24) is 15.2 Å². The van der Waals surface area contributed by atoms with Crippen LogP contribution >= 0.6 is 11.3 Å². The van der Waals surface area contributed by atoms with Crippen LogP contribution < -0.4 is 5.32 Å². The highest BCUT2D eigenvalue weighted by Gasteiger charge is 2.29. The standard InChI is InChI=1S/C23H26FN3OS/c1-15(17-7-9-19(24)10-8-17)25-22(28)16(2)27-13-11-18(12-14-27)23-26-20-5-3-4-6-21(20)29-23/h3-10,15-16,18H,11-14H2,1-2H3,(H,25,28)/t15-,16-/m0/s1. The van der Waals surface area contributed by atoms with Crippen molar-refractivity contribution in [1.29, 1.82) is 0 Å². The fraction of sp³-hybridized carbons (Fsp3) is 0.391. The van der Waals surface area contributed by atoms with Crippen LogP contribution in [-0.4, -0.2) is 34.9 Å². The van der Waals surface area contributed by atoms with E-state index in [-0.39, 0.29) is 23.8 Å². The molecule has 3 aromatic rings. The molecular weight excluding hydrogens is 385 g/mol. The number of benzene rings is 2. The van der Waals surface area contributed by atoms with Gasteiger partial charge in [-0.25, -0.2) is 9.37 Å². The summed E-state index contributed by atoms with van der Waals surface area (Å²) in [6, 6.07) is 14.2. The van der Waals surface area contributed by atoms with E-state index in [0.29, 0.717) is 5.92 Å². The molecule has 6 heteroatoms. The third kappa shape index (κ3) is 4.49. The van der Waals surface area contributed by atoms with Crippen molar-refractivity contribution in [2.24, 2.45) is 0 Å². The fourth-order valence-corrected chi connectivity index (χ4v) is 5.07. The molecule has 1 N–H and O–H groups in total. The number of nitrogens with zero attached hydrogens (tertiary/aromatic N) is 2. The zero-order valence-corrected chi connectivity index (χ0v) is 17.6. The predicted octanol–water partition coefficient (Wildman–Crippen LogP) is 4.88. The third-order valence-corrected chi connectivity index (χ3v) is 7.04. The fourth-order valence-electron chi connectivity index (χ4n) is 3.93. The quantitative estimate of drug-likeness (QED) is 0.651. The average molecular weight is 412 g/mol. The van der Waals surface area contributed by atoms with E-state index in [4.69, 9.17) is 4.98 Å². The highest BCUT2D eigenvalue weighted by molar-refractivity contribution is 7.18. The highest BCUT2D eigenvalue weighted by Crippen LogP contribution is 2.34.